The normalized spacial score (nSPS) is 18.6. The SMILES string of the molecule is CCOc1cc(C2Nc3ccccc3NC3=C2C(=O)CC(c2ccc(OC)cc2)C3)cc([N+](=O)[O-])c1O. The molecule has 0 bridgehead atoms. The molecule has 2 unspecified atom stereocenters. The van der Waals surface area contributed by atoms with Crippen LogP contribution in [-0.4, -0.2) is 29.5 Å². The van der Waals surface area contributed by atoms with Gasteiger partial charge in [-0.2, -0.15) is 0 Å². The summed E-state index contributed by atoms with van der Waals surface area (Å²) >= 11 is 0. The molecular weight excluding hydrogens is 474 g/mol. The molecule has 190 valence electrons. The van der Waals surface area contributed by atoms with Crippen molar-refractivity contribution in [3.8, 4) is 17.2 Å². The maximum absolute atomic E-state index is 13.7. The van der Waals surface area contributed by atoms with Crippen LogP contribution in [0.2, 0.25) is 0 Å². The van der Waals surface area contributed by atoms with Gasteiger partial charge >= 0.3 is 5.69 Å². The molecule has 1 aliphatic carbocycles. The Bertz CT molecular complexity index is 1400. The van der Waals surface area contributed by atoms with Gasteiger partial charge in [0.2, 0.25) is 5.75 Å². The summed E-state index contributed by atoms with van der Waals surface area (Å²) in [5.74, 6) is 0.111. The first-order valence-corrected chi connectivity index (χ1v) is 12.1. The molecule has 9 nitrogen and oxygen atoms in total. The van der Waals surface area contributed by atoms with Gasteiger partial charge in [-0.15, -0.1) is 0 Å². The number of allylic oxidation sites excluding steroid dienone is 1. The lowest BCUT2D eigenvalue weighted by atomic mass is 9.78. The quantitative estimate of drug-likeness (QED) is 0.291. The summed E-state index contributed by atoms with van der Waals surface area (Å²) < 4.78 is 10.8. The van der Waals surface area contributed by atoms with E-state index in [1.54, 1.807) is 20.1 Å². The number of aromatic hydroxyl groups is 1. The number of phenolic OH excluding ortho intramolecular Hbond substituents is 1. The van der Waals surface area contributed by atoms with Crippen molar-refractivity contribution in [3.05, 3.63) is 93.2 Å². The predicted octanol–water partition coefficient (Wildman–Crippen LogP) is 5.69. The number of hydrogen-bond acceptors (Lipinski definition) is 8. The molecule has 2 aliphatic rings. The standard InChI is InChI=1S/C28H27N3O6/c1-3-37-25-15-18(13-23(28(25)33)31(34)35)27-26-22(29-20-6-4-5-7-21(20)30-27)12-17(14-24(26)32)16-8-10-19(36-2)11-9-16/h4-11,13,15,17,27,29-30,33H,3,12,14H2,1-2H3. The molecule has 0 amide bonds. The van der Waals surface area contributed by atoms with E-state index in [9.17, 15) is 20.0 Å². The Morgan fingerprint density at radius 2 is 1.78 bits per heavy atom. The number of phenols is 1. The number of para-hydroxylation sites is 2. The van der Waals surface area contributed by atoms with E-state index < -0.39 is 22.4 Å². The molecule has 0 fully saturated rings. The number of rotatable bonds is 6. The number of nitro benzene ring substituents is 1. The fraction of sp³-hybridized carbons (Fsp3) is 0.250. The van der Waals surface area contributed by atoms with Crippen molar-refractivity contribution in [3.63, 3.8) is 0 Å². The van der Waals surface area contributed by atoms with Gasteiger partial charge in [0.05, 0.1) is 36.1 Å². The lowest BCUT2D eigenvalue weighted by Crippen LogP contribution is -2.27. The van der Waals surface area contributed by atoms with Gasteiger partial charge in [-0.05, 0) is 60.7 Å². The Morgan fingerprint density at radius 3 is 2.46 bits per heavy atom. The van der Waals surface area contributed by atoms with E-state index in [-0.39, 0.29) is 24.1 Å². The molecule has 1 aliphatic heterocycles. The molecule has 2 atom stereocenters. The van der Waals surface area contributed by atoms with E-state index in [1.807, 2.05) is 48.5 Å². The van der Waals surface area contributed by atoms with Gasteiger partial charge in [0, 0.05) is 23.8 Å². The van der Waals surface area contributed by atoms with Crippen molar-refractivity contribution >= 4 is 22.8 Å². The minimum Gasteiger partial charge on any atom is -0.500 e. The zero-order chi connectivity index (χ0) is 26.1. The van der Waals surface area contributed by atoms with Crippen LogP contribution in [0.4, 0.5) is 17.1 Å². The van der Waals surface area contributed by atoms with Crippen LogP contribution in [0.5, 0.6) is 17.2 Å². The van der Waals surface area contributed by atoms with E-state index in [2.05, 4.69) is 10.6 Å². The third-order valence-corrected chi connectivity index (χ3v) is 6.80. The summed E-state index contributed by atoms with van der Waals surface area (Å²) in [6.07, 6.45) is 0.873. The summed E-state index contributed by atoms with van der Waals surface area (Å²) in [4.78, 5) is 24.8. The summed E-state index contributed by atoms with van der Waals surface area (Å²) in [6, 6.07) is 17.5. The average molecular weight is 502 g/mol. The number of carbonyl (C=O) groups excluding carboxylic acids is 1. The van der Waals surface area contributed by atoms with Crippen molar-refractivity contribution < 1.29 is 24.3 Å². The summed E-state index contributed by atoms with van der Waals surface area (Å²) in [7, 11) is 1.61. The van der Waals surface area contributed by atoms with E-state index in [0.29, 0.717) is 24.0 Å². The van der Waals surface area contributed by atoms with E-state index in [1.165, 1.54) is 6.07 Å². The molecule has 0 aromatic heterocycles. The largest absolute Gasteiger partial charge is 0.500 e. The van der Waals surface area contributed by atoms with Gasteiger partial charge in [0.15, 0.2) is 11.5 Å². The maximum Gasteiger partial charge on any atom is 0.315 e. The Hall–Kier alpha value is -4.53. The number of ether oxygens (including phenoxy) is 2. The highest BCUT2D eigenvalue weighted by Gasteiger charge is 2.37. The zero-order valence-electron chi connectivity index (χ0n) is 20.5. The van der Waals surface area contributed by atoms with Crippen LogP contribution in [0.3, 0.4) is 0 Å². The number of ketones is 1. The molecule has 0 saturated heterocycles. The lowest BCUT2D eigenvalue weighted by molar-refractivity contribution is -0.386. The highest BCUT2D eigenvalue weighted by molar-refractivity contribution is 6.01. The Kier molecular flexibility index (Phi) is 6.43. The van der Waals surface area contributed by atoms with E-state index in [4.69, 9.17) is 9.47 Å². The zero-order valence-corrected chi connectivity index (χ0v) is 20.5. The van der Waals surface area contributed by atoms with Crippen molar-refractivity contribution in [2.75, 3.05) is 24.4 Å². The van der Waals surface area contributed by atoms with Gasteiger partial charge in [-0.1, -0.05) is 24.3 Å². The predicted molar refractivity (Wildman–Crippen MR) is 139 cm³/mol. The molecule has 37 heavy (non-hydrogen) atoms. The molecule has 9 heteroatoms. The van der Waals surface area contributed by atoms with Crippen molar-refractivity contribution in [2.24, 2.45) is 0 Å². The van der Waals surface area contributed by atoms with Gasteiger partial charge < -0.3 is 25.2 Å². The number of methoxy groups -OCH3 is 1. The molecular formula is C28H27N3O6. The van der Waals surface area contributed by atoms with Gasteiger partial charge in [-0.3, -0.25) is 14.9 Å². The number of Topliss-reactive ketones (excluding diaryl/α,β-unsaturated/α-hetero) is 1. The number of benzene rings is 3. The van der Waals surface area contributed by atoms with Crippen LogP contribution in [0, 0.1) is 10.1 Å². The van der Waals surface area contributed by atoms with Crippen LogP contribution >= 0.6 is 0 Å². The van der Waals surface area contributed by atoms with Crippen LogP contribution in [0.25, 0.3) is 0 Å². The molecule has 0 radical (unpaired) electrons. The van der Waals surface area contributed by atoms with Crippen LogP contribution < -0.4 is 20.1 Å². The molecule has 3 aromatic carbocycles. The third kappa shape index (κ3) is 4.55. The second-order valence-electron chi connectivity index (χ2n) is 9.02. The van der Waals surface area contributed by atoms with Gasteiger partial charge in [0.25, 0.3) is 0 Å². The topological polar surface area (TPSA) is 123 Å². The van der Waals surface area contributed by atoms with Crippen molar-refractivity contribution in [1.29, 1.82) is 0 Å². The number of nitrogens with one attached hydrogen (secondary N) is 2. The summed E-state index contributed by atoms with van der Waals surface area (Å²) in [6.45, 7) is 1.94. The average Bonchev–Trinajstić information content (AvgIpc) is 3.07. The second kappa shape index (κ2) is 9.85. The first kappa shape index (κ1) is 24.2. The number of carbonyl (C=O) groups is 1. The summed E-state index contributed by atoms with van der Waals surface area (Å²) in [5, 5.41) is 29.0. The lowest BCUT2D eigenvalue weighted by Gasteiger charge is -2.30. The van der Waals surface area contributed by atoms with Gasteiger partial charge in [-0.25, -0.2) is 0 Å². The van der Waals surface area contributed by atoms with Crippen molar-refractivity contribution in [1.82, 2.24) is 0 Å². The number of hydrogen-bond donors (Lipinski definition) is 3. The number of fused-ring (bicyclic) bond motifs is 1. The molecule has 0 spiro atoms. The smallest absolute Gasteiger partial charge is 0.315 e. The molecule has 3 N–H and O–H groups in total. The Morgan fingerprint density at radius 1 is 1.05 bits per heavy atom. The van der Waals surface area contributed by atoms with Gasteiger partial charge in [0.1, 0.15) is 5.75 Å². The second-order valence-corrected chi connectivity index (χ2v) is 9.02. The monoisotopic (exact) mass is 501 g/mol. The minimum atomic E-state index is -0.686. The number of anilines is 2. The molecule has 0 saturated carbocycles. The number of nitro groups is 1. The first-order chi connectivity index (χ1) is 17.9. The number of nitrogens with zero attached hydrogens (tertiary/aromatic N) is 1. The van der Waals surface area contributed by atoms with Crippen LogP contribution in [-0.2, 0) is 4.79 Å². The van der Waals surface area contributed by atoms with Crippen molar-refractivity contribution in [2.45, 2.75) is 31.7 Å². The van der Waals surface area contributed by atoms with E-state index in [0.717, 1.165) is 28.4 Å². The highest BCUT2D eigenvalue weighted by Crippen LogP contribution is 2.47. The van der Waals surface area contributed by atoms with E-state index >= 15 is 0 Å². The van der Waals surface area contributed by atoms with Crippen LogP contribution in [0.15, 0.2) is 71.9 Å². The fourth-order valence-corrected chi connectivity index (χ4v) is 5.04. The molecule has 3 aromatic rings. The molecule has 5 rings (SSSR count). The Balaban J connectivity index is 1.63. The maximum atomic E-state index is 13.7. The third-order valence-electron chi connectivity index (χ3n) is 6.80. The first-order valence-electron chi connectivity index (χ1n) is 12.1. The summed E-state index contributed by atoms with van der Waals surface area (Å²) in [5.41, 5.74) is 3.84. The Labute approximate surface area is 213 Å². The molecule has 1 heterocycles. The van der Waals surface area contributed by atoms with Crippen LogP contribution in [0.1, 0.15) is 42.9 Å². The highest BCUT2D eigenvalue weighted by atomic mass is 16.6. The fourth-order valence-electron chi connectivity index (χ4n) is 5.04. The minimum absolute atomic E-state index is 0.000471.